The molecule has 1 saturated carbocycles. The Morgan fingerprint density at radius 2 is 2.02 bits per heavy atom. The maximum atomic E-state index is 13.2. The SMILES string of the molecule is C#Cc1cccc(C2(NCC(O)C3Cc4cc(cc5[nH]ccc45)OCCCCN(CCC)C(=O)CCCC(=O)N3)CC2)c1. The highest BCUT2D eigenvalue weighted by Crippen LogP contribution is 2.45. The van der Waals surface area contributed by atoms with Gasteiger partial charge >= 0.3 is 0 Å². The van der Waals surface area contributed by atoms with Crippen molar-refractivity contribution >= 4 is 22.7 Å². The summed E-state index contributed by atoms with van der Waals surface area (Å²) in [5.41, 5.74) is 3.68. The predicted octanol–water partition coefficient (Wildman–Crippen LogP) is 4.40. The maximum absolute atomic E-state index is 13.2. The molecule has 1 aromatic heterocycles. The first kappa shape index (κ1) is 30.7. The van der Waals surface area contributed by atoms with Crippen molar-refractivity contribution in [1.82, 2.24) is 20.5 Å². The van der Waals surface area contributed by atoms with Crippen LogP contribution in [0.15, 0.2) is 48.7 Å². The maximum Gasteiger partial charge on any atom is 0.222 e. The Bertz CT molecular complexity index is 1450. The van der Waals surface area contributed by atoms with Gasteiger partial charge < -0.3 is 30.4 Å². The second kappa shape index (κ2) is 14.1. The number of ether oxygens (including phenoxy) is 1. The first-order chi connectivity index (χ1) is 20.9. The number of amides is 2. The van der Waals surface area contributed by atoms with Crippen LogP contribution in [-0.4, -0.2) is 65.2 Å². The Labute approximate surface area is 254 Å². The summed E-state index contributed by atoms with van der Waals surface area (Å²) >= 11 is 0. The number of nitrogens with zero attached hydrogens (tertiary/aromatic N) is 1. The van der Waals surface area contributed by atoms with Crippen molar-refractivity contribution in [3.63, 3.8) is 0 Å². The molecular weight excluding hydrogens is 540 g/mol. The number of nitrogens with one attached hydrogen (secondary N) is 3. The van der Waals surface area contributed by atoms with E-state index in [9.17, 15) is 14.7 Å². The summed E-state index contributed by atoms with van der Waals surface area (Å²) in [6.45, 7) is 4.34. The van der Waals surface area contributed by atoms with Crippen LogP contribution in [0.1, 0.15) is 75.0 Å². The number of benzene rings is 2. The van der Waals surface area contributed by atoms with Gasteiger partial charge in [-0.2, -0.15) is 0 Å². The molecule has 2 aliphatic rings. The molecule has 8 nitrogen and oxygen atoms in total. The van der Waals surface area contributed by atoms with Crippen molar-refractivity contribution in [3.05, 3.63) is 65.4 Å². The van der Waals surface area contributed by atoms with Crippen LogP contribution in [0.5, 0.6) is 5.75 Å². The number of hydrogen-bond donors (Lipinski definition) is 4. The van der Waals surface area contributed by atoms with E-state index in [2.05, 4.69) is 34.5 Å². The molecule has 0 radical (unpaired) electrons. The Morgan fingerprint density at radius 3 is 2.81 bits per heavy atom. The minimum Gasteiger partial charge on any atom is -0.494 e. The molecule has 8 heteroatoms. The van der Waals surface area contributed by atoms with E-state index < -0.39 is 12.1 Å². The van der Waals surface area contributed by atoms with Gasteiger partial charge in [-0.1, -0.05) is 25.0 Å². The molecule has 43 heavy (non-hydrogen) atoms. The molecule has 3 aromatic rings. The summed E-state index contributed by atoms with van der Waals surface area (Å²) in [7, 11) is 0. The lowest BCUT2D eigenvalue weighted by molar-refractivity contribution is -0.131. The molecule has 1 aliphatic heterocycles. The van der Waals surface area contributed by atoms with E-state index in [-0.39, 0.29) is 23.8 Å². The number of aromatic nitrogens is 1. The summed E-state index contributed by atoms with van der Waals surface area (Å²) in [4.78, 5) is 31.3. The average Bonchev–Trinajstić information content (AvgIpc) is 3.66. The normalized spacial score (nSPS) is 20.5. The van der Waals surface area contributed by atoms with Gasteiger partial charge in [0.15, 0.2) is 0 Å². The number of aliphatic hydroxyl groups excluding tert-OH is 1. The van der Waals surface area contributed by atoms with Crippen LogP contribution < -0.4 is 15.4 Å². The summed E-state index contributed by atoms with van der Waals surface area (Å²) in [6, 6.07) is 13.5. The molecule has 2 aromatic carbocycles. The largest absolute Gasteiger partial charge is 0.494 e. The quantitative estimate of drug-likeness (QED) is 0.308. The lowest BCUT2D eigenvalue weighted by Gasteiger charge is -2.28. The fourth-order valence-electron chi connectivity index (χ4n) is 6.09. The van der Waals surface area contributed by atoms with Crippen LogP contribution in [-0.2, 0) is 21.5 Å². The zero-order chi connectivity index (χ0) is 30.2. The molecule has 2 unspecified atom stereocenters. The van der Waals surface area contributed by atoms with Crippen LogP contribution in [0.25, 0.3) is 10.9 Å². The fourth-order valence-corrected chi connectivity index (χ4v) is 6.09. The lowest BCUT2D eigenvalue weighted by atomic mass is 9.96. The minimum atomic E-state index is -0.848. The Balaban J connectivity index is 1.35. The van der Waals surface area contributed by atoms with Gasteiger partial charge in [0.05, 0.1) is 18.8 Å². The number of H-pyrrole nitrogens is 1. The van der Waals surface area contributed by atoms with E-state index in [0.717, 1.165) is 65.4 Å². The monoisotopic (exact) mass is 584 g/mol. The summed E-state index contributed by atoms with van der Waals surface area (Å²) in [5.74, 6) is 3.38. The van der Waals surface area contributed by atoms with Crippen molar-refractivity contribution in [1.29, 1.82) is 0 Å². The van der Waals surface area contributed by atoms with Gasteiger partial charge in [-0.3, -0.25) is 9.59 Å². The van der Waals surface area contributed by atoms with Crippen molar-refractivity contribution in [3.8, 4) is 18.1 Å². The lowest BCUT2D eigenvalue weighted by Crippen LogP contribution is -2.50. The summed E-state index contributed by atoms with van der Waals surface area (Å²) < 4.78 is 6.16. The number of aliphatic hydroxyl groups is 1. The van der Waals surface area contributed by atoms with Gasteiger partial charge in [-0.25, -0.2) is 0 Å². The molecule has 2 bridgehead atoms. The van der Waals surface area contributed by atoms with Crippen LogP contribution in [0, 0.1) is 12.3 Å². The van der Waals surface area contributed by atoms with Crippen LogP contribution in [0.4, 0.5) is 0 Å². The van der Waals surface area contributed by atoms with Crippen molar-refractivity contribution < 1.29 is 19.4 Å². The van der Waals surface area contributed by atoms with Crippen molar-refractivity contribution in [2.45, 2.75) is 82.4 Å². The number of carbonyl (C=O) groups excluding carboxylic acids is 2. The van der Waals surface area contributed by atoms with E-state index in [1.165, 1.54) is 0 Å². The highest BCUT2D eigenvalue weighted by atomic mass is 16.5. The van der Waals surface area contributed by atoms with Gasteiger partial charge in [-0.05, 0) is 80.3 Å². The van der Waals surface area contributed by atoms with Gasteiger partial charge in [0, 0.05) is 66.7 Å². The number of hydrogen-bond acceptors (Lipinski definition) is 5. The number of aromatic amines is 1. The standard InChI is InChI=1S/C35H44N4O4/c1-3-17-39-18-5-6-19-43-28-21-26(29-13-16-36-30(29)23-28)22-31(38-33(41)11-8-12-34(39)42)32(40)24-37-35(14-15-35)27-10-7-9-25(4-2)20-27/h2,7,9-10,13,16,20-21,23,31-32,36-37,40H,3,5-6,8,11-12,14-15,17-19,22,24H2,1H3,(H,38,41). The smallest absolute Gasteiger partial charge is 0.222 e. The summed E-state index contributed by atoms with van der Waals surface area (Å²) in [6.07, 6.45) is 12.7. The average molecular weight is 585 g/mol. The van der Waals surface area contributed by atoms with Crippen LogP contribution >= 0.6 is 0 Å². The highest BCUT2D eigenvalue weighted by Gasteiger charge is 2.44. The number of fused-ring (bicyclic) bond motifs is 4. The molecule has 0 spiro atoms. The fraction of sp³-hybridized carbons (Fsp3) is 0.486. The van der Waals surface area contributed by atoms with E-state index in [1.807, 2.05) is 47.5 Å². The third kappa shape index (κ3) is 7.78. The molecule has 1 fully saturated rings. The van der Waals surface area contributed by atoms with E-state index in [4.69, 9.17) is 11.2 Å². The second-order valence-electron chi connectivity index (χ2n) is 11.9. The topological polar surface area (TPSA) is 107 Å². The summed E-state index contributed by atoms with van der Waals surface area (Å²) in [5, 5.41) is 19.3. The van der Waals surface area contributed by atoms with Gasteiger partial charge in [-0.15, -0.1) is 6.42 Å². The van der Waals surface area contributed by atoms with Gasteiger partial charge in [0.1, 0.15) is 5.75 Å². The first-order valence-electron chi connectivity index (χ1n) is 15.7. The minimum absolute atomic E-state index is 0.0882. The van der Waals surface area contributed by atoms with Gasteiger partial charge in [0.25, 0.3) is 0 Å². The molecular formula is C35H44N4O4. The Hall–Kier alpha value is -3.80. The van der Waals surface area contributed by atoms with Crippen LogP contribution in [0.3, 0.4) is 0 Å². The molecule has 1 aliphatic carbocycles. The molecule has 2 atom stereocenters. The van der Waals surface area contributed by atoms with Crippen molar-refractivity contribution in [2.75, 3.05) is 26.2 Å². The van der Waals surface area contributed by atoms with E-state index >= 15 is 0 Å². The molecule has 4 N–H and O–H groups in total. The molecule has 5 rings (SSSR count). The molecule has 228 valence electrons. The third-order valence-electron chi connectivity index (χ3n) is 8.69. The molecule has 2 amide bonds. The first-order valence-corrected chi connectivity index (χ1v) is 15.7. The highest BCUT2D eigenvalue weighted by molar-refractivity contribution is 5.85. The molecule has 2 heterocycles. The van der Waals surface area contributed by atoms with Gasteiger partial charge in [0.2, 0.25) is 11.8 Å². The van der Waals surface area contributed by atoms with E-state index in [1.54, 1.807) is 0 Å². The Morgan fingerprint density at radius 1 is 1.16 bits per heavy atom. The third-order valence-corrected chi connectivity index (χ3v) is 8.69. The van der Waals surface area contributed by atoms with Crippen molar-refractivity contribution in [2.24, 2.45) is 0 Å². The predicted molar refractivity (Wildman–Crippen MR) is 169 cm³/mol. The zero-order valence-corrected chi connectivity index (χ0v) is 25.2. The number of rotatable bonds is 7. The second-order valence-corrected chi connectivity index (χ2v) is 11.9. The zero-order valence-electron chi connectivity index (χ0n) is 25.2. The molecule has 0 saturated heterocycles. The Kier molecular flexibility index (Phi) is 10.1. The van der Waals surface area contributed by atoms with E-state index in [0.29, 0.717) is 45.5 Å². The number of carbonyl (C=O) groups is 2. The van der Waals surface area contributed by atoms with Crippen LogP contribution in [0.2, 0.25) is 0 Å². The number of terminal acetylenes is 1.